The first-order valence-corrected chi connectivity index (χ1v) is 5.69. The van der Waals surface area contributed by atoms with Gasteiger partial charge >= 0.3 is 0 Å². The predicted octanol–water partition coefficient (Wildman–Crippen LogP) is 2.55. The van der Waals surface area contributed by atoms with E-state index >= 15 is 0 Å². The molecule has 0 bridgehead atoms. The maximum Gasteiger partial charge on any atom is 0.125 e. The van der Waals surface area contributed by atoms with Gasteiger partial charge in [-0.2, -0.15) is 0 Å². The summed E-state index contributed by atoms with van der Waals surface area (Å²) in [6.07, 6.45) is -0.629. The molecule has 2 aromatic rings. The van der Waals surface area contributed by atoms with Crippen LogP contribution in [0.1, 0.15) is 11.7 Å². The zero-order chi connectivity index (χ0) is 13.0. The van der Waals surface area contributed by atoms with Crippen LogP contribution in [0.4, 0.5) is 15.8 Å². The molecule has 94 valence electrons. The van der Waals surface area contributed by atoms with Crippen molar-refractivity contribution in [2.75, 3.05) is 17.6 Å². The highest BCUT2D eigenvalue weighted by molar-refractivity contribution is 5.65. The Labute approximate surface area is 105 Å². The van der Waals surface area contributed by atoms with E-state index in [-0.39, 0.29) is 5.82 Å². The van der Waals surface area contributed by atoms with Crippen molar-refractivity contribution >= 4 is 11.4 Å². The predicted molar refractivity (Wildman–Crippen MR) is 70.7 cm³/mol. The standard InChI is InChI=1S/C14H15FN2O/c15-11-6-7-13(12(16)8-11)17-9-14(18)10-4-2-1-3-5-10/h1-8,14,17-18H,9,16H2. The van der Waals surface area contributed by atoms with Gasteiger partial charge in [0.05, 0.1) is 17.5 Å². The van der Waals surface area contributed by atoms with Gasteiger partial charge in [0.1, 0.15) is 5.82 Å². The molecule has 4 heteroatoms. The molecule has 0 radical (unpaired) electrons. The second-order valence-electron chi connectivity index (χ2n) is 4.04. The van der Waals surface area contributed by atoms with Crippen LogP contribution in [0.2, 0.25) is 0 Å². The van der Waals surface area contributed by atoms with Crippen LogP contribution in [0.5, 0.6) is 0 Å². The van der Waals surface area contributed by atoms with Crippen molar-refractivity contribution in [3.63, 3.8) is 0 Å². The number of nitrogens with one attached hydrogen (secondary N) is 1. The van der Waals surface area contributed by atoms with Crippen LogP contribution in [-0.4, -0.2) is 11.7 Å². The average molecular weight is 246 g/mol. The first-order valence-electron chi connectivity index (χ1n) is 5.69. The van der Waals surface area contributed by atoms with Crippen LogP contribution < -0.4 is 11.1 Å². The lowest BCUT2D eigenvalue weighted by atomic mass is 10.1. The molecule has 1 unspecified atom stereocenters. The summed E-state index contributed by atoms with van der Waals surface area (Å²) < 4.78 is 12.9. The second-order valence-corrected chi connectivity index (χ2v) is 4.04. The fourth-order valence-corrected chi connectivity index (χ4v) is 1.69. The molecule has 0 fully saturated rings. The summed E-state index contributed by atoms with van der Waals surface area (Å²) in [4.78, 5) is 0. The Hall–Kier alpha value is -2.07. The Morgan fingerprint density at radius 2 is 1.89 bits per heavy atom. The van der Waals surface area contributed by atoms with Gasteiger partial charge in [0.25, 0.3) is 0 Å². The Morgan fingerprint density at radius 1 is 1.17 bits per heavy atom. The number of aliphatic hydroxyl groups is 1. The summed E-state index contributed by atoms with van der Waals surface area (Å²) in [5.74, 6) is -0.373. The fourth-order valence-electron chi connectivity index (χ4n) is 1.69. The minimum atomic E-state index is -0.629. The Kier molecular flexibility index (Phi) is 3.79. The number of aliphatic hydroxyl groups excluding tert-OH is 1. The molecule has 18 heavy (non-hydrogen) atoms. The van der Waals surface area contributed by atoms with Crippen LogP contribution in [0, 0.1) is 5.82 Å². The molecule has 0 aliphatic carbocycles. The van der Waals surface area contributed by atoms with Gasteiger partial charge in [0.2, 0.25) is 0 Å². The molecule has 2 rings (SSSR count). The number of halogens is 1. The van der Waals surface area contributed by atoms with E-state index in [2.05, 4.69) is 5.32 Å². The zero-order valence-electron chi connectivity index (χ0n) is 9.81. The van der Waals surface area contributed by atoms with Crippen molar-refractivity contribution in [1.82, 2.24) is 0 Å². The van der Waals surface area contributed by atoms with Gasteiger partial charge in [-0.1, -0.05) is 30.3 Å². The molecular weight excluding hydrogens is 231 g/mol. The Bertz CT molecular complexity index is 516. The molecule has 0 saturated heterocycles. The van der Waals surface area contributed by atoms with E-state index in [4.69, 9.17) is 5.73 Å². The summed E-state index contributed by atoms with van der Waals surface area (Å²) in [6.45, 7) is 0.319. The number of benzene rings is 2. The maximum atomic E-state index is 12.9. The summed E-state index contributed by atoms with van der Waals surface area (Å²) in [5.41, 5.74) is 7.43. The van der Waals surface area contributed by atoms with Gasteiger partial charge in [0, 0.05) is 6.54 Å². The van der Waals surface area contributed by atoms with E-state index in [0.717, 1.165) is 5.56 Å². The molecule has 1 atom stereocenters. The number of anilines is 2. The molecule has 4 N–H and O–H groups in total. The van der Waals surface area contributed by atoms with E-state index in [1.807, 2.05) is 30.3 Å². The highest BCUT2D eigenvalue weighted by Gasteiger charge is 2.07. The van der Waals surface area contributed by atoms with Crippen molar-refractivity contribution in [2.24, 2.45) is 0 Å². The third-order valence-corrected chi connectivity index (χ3v) is 2.68. The summed E-state index contributed by atoms with van der Waals surface area (Å²) >= 11 is 0. The number of rotatable bonds is 4. The minimum absolute atomic E-state index is 0.319. The highest BCUT2D eigenvalue weighted by Crippen LogP contribution is 2.20. The van der Waals surface area contributed by atoms with Crippen LogP contribution in [-0.2, 0) is 0 Å². The summed E-state index contributed by atoms with van der Waals surface area (Å²) in [5, 5.41) is 12.9. The van der Waals surface area contributed by atoms with Crippen molar-refractivity contribution in [1.29, 1.82) is 0 Å². The minimum Gasteiger partial charge on any atom is -0.397 e. The van der Waals surface area contributed by atoms with Gasteiger partial charge in [-0.15, -0.1) is 0 Å². The number of nitrogens with two attached hydrogens (primary N) is 1. The molecule has 0 aromatic heterocycles. The van der Waals surface area contributed by atoms with Gasteiger partial charge in [0.15, 0.2) is 0 Å². The third kappa shape index (κ3) is 2.99. The van der Waals surface area contributed by atoms with Gasteiger partial charge < -0.3 is 16.2 Å². The molecule has 3 nitrogen and oxygen atoms in total. The number of hydrogen-bond donors (Lipinski definition) is 3. The first kappa shape index (κ1) is 12.4. The maximum absolute atomic E-state index is 12.9. The Balaban J connectivity index is 1.99. The number of hydrogen-bond acceptors (Lipinski definition) is 3. The Morgan fingerprint density at radius 3 is 2.56 bits per heavy atom. The topological polar surface area (TPSA) is 58.3 Å². The lowest BCUT2D eigenvalue weighted by Gasteiger charge is -2.14. The van der Waals surface area contributed by atoms with Crippen LogP contribution in [0.3, 0.4) is 0 Å². The van der Waals surface area contributed by atoms with Crippen LogP contribution >= 0.6 is 0 Å². The van der Waals surface area contributed by atoms with Crippen LogP contribution in [0.15, 0.2) is 48.5 Å². The summed E-state index contributed by atoms with van der Waals surface area (Å²) in [7, 11) is 0. The second kappa shape index (κ2) is 5.51. The van der Waals surface area contributed by atoms with Crippen molar-refractivity contribution in [3.8, 4) is 0 Å². The molecule has 0 aliphatic rings. The first-order chi connectivity index (χ1) is 8.66. The van der Waals surface area contributed by atoms with Gasteiger partial charge in [-0.05, 0) is 23.8 Å². The third-order valence-electron chi connectivity index (χ3n) is 2.68. The zero-order valence-corrected chi connectivity index (χ0v) is 9.81. The van der Waals surface area contributed by atoms with Crippen molar-refractivity contribution in [2.45, 2.75) is 6.10 Å². The van der Waals surface area contributed by atoms with E-state index in [1.165, 1.54) is 12.1 Å². The van der Waals surface area contributed by atoms with Crippen LogP contribution in [0.25, 0.3) is 0 Å². The molecule has 0 spiro atoms. The van der Waals surface area contributed by atoms with Crippen molar-refractivity contribution < 1.29 is 9.50 Å². The molecule has 0 aliphatic heterocycles. The molecule has 0 saturated carbocycles. The van der Waals surface area contributed by atoms with Crippen molar-refractivity contribution in [3.05, 3.63) is 59.9 Å². The molecular formula is C14H15FN2O. The lowest BCUT2D eigenvalue weighted by Crippen LogP contribution is -2.13. The quantitative estimate of drug-likeness (QED) is 0.727. The molecule has 2 aromatic carbocycles. The van der Waals surface area contributed by atoms with E-state index < -0.39 is 6.10 Å². The summed E-state index contributed by atoms with van der Waals surface area (Å²) in [6, 6.07) is 13.4. The monoisotopic (exact) mass is 246 g/mol. The smallest absolute Gasteiger partial charge is 0.125 e. The van der Waals surface area contributed by atoms with E-state index in [0.29, 0.717) is 17.9 Å². The van der Waals surface area contributed by atoms with Gasteiger partial charge in [-0.3, -0.25) is 0 Å². The fraction of sp³-hybridized carbons (Fsp3) is 0.143. The lowest BCUT2D eigenvalue weighted by molar-refractivity contribution is 0.191. The van der Waals surface area contributed by atoms with E-state index in [9.17, 15) is 9.50 Å². The normalized spacial score (nSPS) is 12.1. The SMILES string of the molecule is Nc1cc(F)ccc1NCC(O)c1ccccc1. The number of nitrogen functional groups attached to an aromatic ring is 1. The average Bonchev–Trinajstić information content (AvgIpc) is 2.38. The molecule has 0 amide bonds. The molecule has 0 heterocycles. The van der Waals surface area contributed by atoms with Gasteiger partial charge in [-0.25, -0.2) is 4.39 Å². The van der Waals surface area contributed by atoms with E-state index in [1.54, 1.807) is 6.07 Å². The largest absolute Gasteiger partial charge is 0.397 e. The highest BCUT2D eigenvalue weighted by atomic mass is 19.1.